The minimum atomic E-state index is 0.719. The Morgan fingerprint density at radius 2 is 0.962 bits per heavy atom. The molecule has 2 rings (SSSR count). The zero-order chi connectivity index (χ0) is 18.8. The van der Waals surface area contributed by atoms with E-state index in [1.54, 1.807) is 28.4 Å². The predicted molar refractivity (Wildman–Crippen MR) is 108 cm³/mol. The van der Waals surface area contributed by atoms with Gasteiger partial charge in [0.15, 0.2) is 0 Å². The van der Waals surface area contributed by atoms with Crippen LogP contribution in [0.15, 0.2) is 36.4 Å². The molecule has 0 radical (unpaired) electrons. The van der Waals surface area contributed by atoms with Gasteiger partial charge >= 0.3 is 168 Å². The minimum absolute atomic E-state index is 0.719. The van der Waals surface area contributed by atoms with Gasteiger partial charge in [0.25, 0.3) is 0 Å². The van der Waals surface area contributed by atoms with Gasteiger partial charge in [0, 0.05) is 0 Å². The van der Waals surface area contributed by atoms with Crippen LogP contribution in [0.4, 0.5) is 0 Å². The van der Waals surface area contributed by atoms with Crippen molar-refractivity contribution < 1.29 is 18.9 Å². The predicted octanol–water partition coefficient (Wildman–Crippen LogP) is 3.67. The Kier molecular flexibility index (Phi) is 9.20. The van der Waals surface area contributed by atoms with Crippen LogP contribution in [0, 0.1) is 0 Å². The second-order valence-corrected chi connectivity index (χ2v) is 13.4. The van der Waals surface area contributed by atoms with Crippen molar-refractivity contribution in [2.24, 2.45) is 0 Å². The molecule has 0 N–H and O–H groups in total. The molecule has 142 valence electrons. The van der Waals surface area contributed by atoms with Crippen molar-refractivity contribution in [1.29, 1.82) is 0 Å². The number of hydrogen-bond donors (Lipinski definition) is 0. The average molecular weight is 488 g/mol. The summed E-state index contributed by atoms with van der Waals surface area (Å²) in [4.78, 5) is 0. The monoisotopic (exact) mass is 490 g/mol. The van der Waals surface area contributed by atoms with Gasteiger partial charge in [-0.1, -0.05) is 0 Å². The Balaban J connectivity index is 1.71. The Morgan fingerprint density at radius 1 is 0.577 bits per heavy atom. The van der Waals surface area contributed by atoms with Gasteiger partial charge in [-0.25, -0.2) is 0 Å². The van der Waals surface area contributed by atoms with E-state index in [1.165, 1.54) is 21.8 Å². The Hall–Kier alpha value is -1.32. The van der Waals surface area contributed by atoms with E-state index in [0.717, 1.165) is 62.1 Å². The number of aryl methyl sites for hydroxylation is 2. The van der Waals surface area contributed by atoms with Crippen molar-refractivity contribution in [1.82, 2.24) is 0 Å². The molecule has 4 nitrogen and oxygen atoms in total. The van der Waals surface area contributed by atoms with Gasteiger partial charge in [-0.05, 0) is 0 Å². The summed E-state index contributed by atoms with van der Waals surface area (Å²) in [5, 5.41) is 2.54. The van der Waals surface area contributed by atoms with Crippen LogP contribution < -0.4 is 18.9 Å². The second kappa shape index (κ2) is 11.4. The standard InChI is InChI=1S/C20H26O4Se2/c1-21-17-7-5-15(13-19(17)23-3)9-11-25-26-12-10-16-6-8-18(22-2)20(14-16)24-4/h5-8,13-14H,9-12H2,1-4H3. The Morgan fingerprint density at radius 3 is 1.31 bits per heavy atom. The summed E-state index contributed by atoms with van der Waals surface area (Å²) in [6, 6.07) is 12.4. The van der Waals surface area contributed by atoms with Gasteiger partial charge in [-0.2, -0.15) is 0 Å². The quantitative estimate of drug-likeness (QED) is 0.358. The summed E-state index contributed by atoms with van der Waals surface area (Å²) in [5.74, 6) is 3.22. The van der Waals surface area contributed by atoms with Crippen molar-refractivity contribution in [2.75, 3.05) is 28.4 Å². The first kappa shape index (κ1) is 21.0. The van der Waals surface area contributed by atoms with Gasteiger partial charge in [0.2, 0.25) is 0 Å². The molecule has 0 fully saturated rings. The zero-order valence-electron chi connectivity index (χ0n) is 15.7. The molecule has 0 amide bonds. The SMILES string of the molecule is COc1ccc(CC[Se][Se]CCc2ccc(OC)c(OC)c2)cc1OC. The Labute approximate surface area is 167 Å². The van der Waals surface area contributed by atoms with Gasteiger partial charge in [-0.15, -0.1) is 0 Å². The first-order valence-corrected chi connectivity index (χ1v) is 15.1. The normalized spacial score (nSPS) is 10.5. The van der Waals surface area contributed by atoms with Crippen molar-refractivity contribution in [3.8, 4) is 23.0 Å². The fourth-order valence-corrected chi connectivity index (χ4v) is 8.73. The summed E-state index contributed by atoms with van der Waals surface area (Å²) < 4.78 is 21.3. The number of methoxy groups -OCH3 is 4. The molecule has 0 aliphatic rings. The van der Waals surface area contributed by atoms with E-state index in [2.05, 4.69) is 24.3 Å². The number of benzene rings is 2. The molecule has 0 aliphatic heterocycles. The summed E-state index contributed by atoms with van der Waals surface area (Å²) in [6.07, 6.45) is 2.22. The average Bonchev–Trinajstić information content (AvgIpc) is 2.70. The fraction of sp³-hybridized carbons (Fsp3) is 0.400. The van der Waals surface area contributed by atoms with E-state index in [4.69, 9.17) is 18.9 Å². The van der Waals surface area contributed by atoms with Crippen LogP contribution in [0.2, 0.25) is 10.6 Å². The van der Waals surface area contributed by atoms with Crippen LogP contribution in [-0.2, 0) is 12.8 Å². The van der Waals surface area contributed by atoms with Crippen LogP contribution in [0.25, 0.3) is 0 Å². The van der Waals surface area contributed by atoms with Gasteiger partial charge in [0.05, 0.1) is 0 Å². The summed E-state index contributed by atoms with van der Waals surface area (Å²) in [7, 11) is 6.70. The molecule has 0 spiro atoms. The molecule has 0 saturated heterocycles. The van der Waals surface area contributed by atoms with E-state index in [0.29, 0.717) is 0 Å². The molecule has 0 heterocycles. The number of hydrogen-bond acceptors (Lipinski definition) is 4. The number of ether oxygens (including phenoxy) is 4. The van der Waals surface area contributed by atoms with Crippen LogP contribution in [0.3, 0.4) is 0 Å². The van der Waals surface area contributed by atoms with Gasteiger partial charge < -0.3 is 0 Å². The molecule has 0 saturated carbocycles. The molecular formula is C20H26O4Se2. The topological polar surface area (TPSA) is 36.9 Å². The van der Waals surface area contributed by atoms with Gasteiger partial charge in [-0.3, -0.25) is 0 Å². The van der Waals surface area contributed by atoms with Crippen LogP contribution >= 0.6 is 0 Å². The van der Waals surface area contributed by atoms with Crippen LogP contribution in [-0.4, -0.2) is 54.7 Å². The molecule has 2 aromatic carbocycles. The van der Waals surface area contributed by atoms with E-state index in [-0.39, 0.29) is 0 Å². The molecule has 0 unspecified atom stereocenters. The fourth-order valence-electron chi connectivity index (χ4n) is 2.51. The van der Waals surface area contributed by atoms with Crippen molar-refractivity contribution in [2.45, 2.75) is 23.5 Å². The van der Waals surface area contributed by atoms with E-state index < -0.39 is 0 Å². The molecule has 0 bridgehead atoms. The maximum atomic E-state index is 5.37. The molecule has 0 aromatic heterocycles. The maximum absolute atomic E-state index is 5.37. The van der Waals surface area contributed by atoms with E-state index in [9.17, 15) is 0 Å². The van der Waals surface area contributed by atoms with E-state index in [1.807, 2.05) is 12.1 Å². The first-order chi connectivity index (χ1) is 12.7. The molecule has 26 heavy (non-hydrogen) atoms. The molecule has 0 aliphatic carbocycles. The zero-order valence-corrected chi connectivity index (χ0v) is 19.2. The van der Waals surface area contributed by atoms with Crippen molar-refractivity contribution in [3.63, 3.8) is 0 Å². The van der Waals surface area contributed by atoms with E-state index >= 15 is 0 Å². The van der Waals surface area contributed by atoms with Gasteiger partial charge in [0.1, 0.15) is 0 Å². The molecular weight excluding hydrogens is 462 g/mol. The molecule has 0 atom stereocenters. The number of rotatable bonds is 11. The Bertz CT molecular complexity index is 632. The third-order valence-corrected chi connectivity index (χ3v) is 11.3. The molecule has 2 aromatic rings. The summed E-state index contributed by atoms with van der Waals surface area (Å²) in [6.45, 7) is 0. The third kappa shape index (κ3) is 6.14. The van der Waals surface area contributed by atoms with Crippen LogP contribution in [0.5, 0.6) is 23.0 Å². The van der Waals surface area contributed by atoms with Crippen molar-refractivity contribution >= 4 is 26.3 Å². The summed E-state index contributed by atoms with van der Waals surface area (Å²) in [5.41, 5.74) is 2.64. The second-order valence-electron chi connectivity index (χ2n) is 5.52. The third-order valence-electron chi connectivity index (χ3n) is 3.93. The molecule has 6 heteroatoms. The van der Waals surface area contributed by atoms with Crippen molar-refractivity contribution in [3.05, 3.63) is 47.5 Å². The van der Waals surface area contributed by atoms with Crippen LogP contribution in [0.1, 0.15) is 11.1 Å². The summed E-state index contributed by atoms with van der Waals surface area (Å²) >= 11 is 1.44. The first-order valence-electron chi connectivity index (χ1n) is 8.38.